The van der Waals surface area contributed by atoms with Crippen LogP contribution in [0.4, 0.5) is 0 Å². The topological polar surface area (TPSA) is 90.0 Å². The number of carbonyl (C=O) groups is 2. The first-order valence-electron chi connectivity index (χ1n) is 9.04. The van der Waals surface area contributed by atoms with E-state index in [9.17, 15) is 18.0 Å². The van der Waals surface area contributed by atoms with Gasteiger partial charge in [-0.15, -0.1) is 0 Å². The highest BCUT2D eigenvalue weighted by atomic mass is 32.2. The summed E-state index contributed by atoms with van der Waals surface area (Å²) in [6.07, 6.45) is 3.58. The summed E-state index contributed by atoms with van der Waals surface area (Å²) in [5, 5.41) is 2.86. The van der Waals surface area contributed by atoms with Gasteiger partial charge < -0.3 is 10.2 Å². The second-order valence-corrected chi connectivity index (χ2v) is 8.89. The molecule has 2 saturated heterocycles. The van der Waals surface area contributed by atoms with Crippen LogP contribution in [-0.4, -0.2) is 93.0 Å². The average Bonchev–Trinajstić information content (AvgIpc) is 2.59. The molecule has 0 aromatic carbocycles. The molecule has 25 heavy (non-hydrogen) atoms. The molecule has 0 aliphatic carbocycles. The Bertz CT molecular complexity index is 573. The van der Waals surface area contributed by atoms with Crippen molar-refractivity contribution in [3.05, 3.63) is 0 Å². The first-order valence-corrected chi connectivity index (χ1v) is 10.9. The van der Waals surface area contributed by atoms with Gasteiger partial charge in [-0.1, -0.05) is 6.92 Å². The smallest absolute Gasteiger partial charge is 0.234 e. The molecule has 0 saturated carbocycles. The summed E-state index contributed by atoms with van der Waals surface area (Å²) in [5.74, 6) is -0.177. The van der Waals surface area contributed by atoms with Gasteiger partial charge >= 0.3 is 0 Å². The van der Waals surface area contributed by atoms with Gasteiger partial charge in [0, 0.05) is 45.8 Å². The minimum Gasteiger partial charge on any atom is -0.355 e. The SMILES string of the molecule is CCCNC(=O)CN1CCN(C(=O)C2CCCN(S(C)(=O)=O)C2)CC1. The standard InChI is InChI=1S/C16H30N4O4S/c1-3-6-17-15(21)13-18-8-10-19(11-9-18)16(22)14-5-4-7-20(12-14)25(2,23)24/h14H,3-13H2,1-2H3,(H,17,21). The third kappa shape index (κ3) is 5.93. The predicted molar refractivity (Wildman–Crippen MR) is 95.5 cm³/mol. The highest BCUT2D eigenvalue weighted by molar-refractivity contribution is 7.88. The molecule has 2 fully saturated rings. The van der Waals surface area contributed by atoms with Crippen LogP contribution in [0, 0.1) is 5.92 Å². The van der Waals surface area contributed by atoms with Crippen molar-refractivity contribution in [2.24, 2.45) is 5.92 Å². The zero-order chi connectivity index (χ0) is 18.4. The molecule has 1 N–H and O–H groups in total. The Hall–Kier alpha value is -1.19. The fourth-order valence-electron chi connectivity index (χ4n) is 3.35. The van der Waals surface area contributed by atoms with Crippen LogP contribution >= 0.6 is 0 Å². The van der Waals surface area contributed by atoms with E-state index in [0.29, 0.717) is 45.8 Å². The van der Waals surface area contributed by atoms with Crippen molar-refractivity contribution in [1.29, 1.82) is 0 Å². The second kappa shape index (κ2) is 8.95. The van der Waals surface area contributed by atoms with Crippen LogP contribution in [0.15, 0.2) is 0 Å². The Morgan fingerprint density at radius 3 is 2.40 bits per heavy atom. The molecule has 1 atom stereocenters. The molecular formula is C16H30N4O4S. The van der Waals surface area contributed by atoms with E-state index in [0.717, 1.165) is 19.3 Å². The zero-order valence-corrected chi connectivity index (χ0v) is 16.1. The molecule has 2 aliphatic heterocycles. The summed E-state index contributed by atoms with van der Waals surface area (Å²) in [6, 6.07) is 0. The maximum Gasteiger partial charge on any atom is 0.234 e. The van der Waals surface area contributed by atoms with E-state index in [1.807, 2.05) is 11.8 Å². The molecular weight excluding hydrogens is 344 g/mol. The van der Waals surface area contributed by atoms with Crippen LogP contribution in [0.2, 0.25) is 0 Å². The van der Waals surface area contributed by atoms with E-state index in [4.69, 9.17) is 0 Å². The van der Waals surface area contributed by atoms with E-state index in [2.05, 4.69) is 10.2 Å². The Balaban J connectivity index is 1.80. The maximum atomic E-state index is 12.7. The van der Waals surface area contributed by atoms with Crippen molar-refractivity contribution in [3.8, 4) is 0 Å². The summed E-state index contributed by atoms with van der Waals surface area (Å²) in [5.41, 5.74) is 0. The molecule has 0 aromatic heterocycles. The van der Waals surface area contributed by atoms with Gasteiger partial charge in [0.15, 0.2) is 0 Å². The molecule has 1 unspecified atom stereocenters. The number of hydrogen-bond donors (Lipinski definition) is 1. The molecule has 0 bridgehead atoms. The van der Waals surface area contributed by atoms with E-state index >= 15 is 0 Å². The summed E-state index contributed by atoms with van der Waals surface area (Å²) < 4.78 is 24.8. The Labute approximate surface area is 150 Å². The van der Waals surface area contributed by atoms with E-state index in [1.165, 1.54) is 10.6 Å². The molecule has 0 radical (unpaired) electrons. The summed E-state index contributed by atoms with van der Waals surface area (Å²) in [4.78, 5) is 28.3. The van der Waals surface area contributed by atoms with Gasteiger partial charge in [0.2, 0.25) is 21.8 Å². The molecule has 9 heteroatoms. The number of carbonyl (C=O) groups excluding carboxylic acids is 2. The van der Waals surface area contributed by atoms with Crippen LogP contribution in [0.3, 0.4) is 0 Å². The highest BCUT2D eigenvalue weighted by Crippen LogP contribution is 2.21. The maximum absolute atomic E-state index is 12.7. The minimum absolute atomic E-state index is 0.0256. The van der Waals surface area contributed by atoms with Gasteiger partial charge in [-0.25, -0.2) is 12.7 Å². The lowest BCUT2D eigenvalue weighted by atomic mass is 9.98. The molecule has 8 nitrogen and oxygen atoms in total. The van der Waals surface area contributed by atoms with Crippen molar-refractivity contribution in [2.75, 3.05) is 58.6 Å². The average molecular weight is 375 g/mol. The van der Waals surface area contributed by atoms with Crippen LogP contribution in [0.5, 0.6) is 0 Å². The Morgan fingerprint density at radius 1 is 1.12 bits per heavy atom. The summed E-state index contributed by atoms with van der Waals surface area (Å²) in [6.45, 7) is 6.40. The third-order valence-electron chi connectivity index (χ3n) is 4.83. The monoisotopic (exact) mass is 374 g/mol. The zero-order valence-electron chi connectivity index (χ0n) is 15.2. The summed E-state index contributed by atoms with van der Waals surface area (Å²) in [7, 11) is -3.24. The Kier molecular flexibility index (Phi) is 7.21. The van der Waals surface area contributed by atoms with Crippen LogP contribution in [0.1, 0.15) is 26.2 Å². The molecule has 2 heterocycles. The van der Waals surface area contributed by atoms with Gasteiger partial charge in [-0.2, -0.15) is 0 Å². The molecule has 2 amide bonds. The van der Waals surface area contributed by atoms with Crippen LogP contribution < -0.4 is 5.32 Å². The fourth-order valence-corrected chi connectivity index (χ4v) is 4.26. The number of amides is 2. The Morgan fingerprint density at radius 2 is 1.80 bits per heavy atom. The van der Waals surface area contributed by atoms with Gasteiger partial charge in [-0.3, -0.25) is 14.5 Å². The largest absolute Gasteiger partial charge is 0.355 e. The summed E-state index contributed by atoms with van der Waals surface area (Å²) >= 11 is 0. The lowest BCUT2D eigenvalue weighted by Crippen LogP contribution is -2.54. The van der Waals surface area contributed by atoms with Crippen molar-refractivity contribution in [2.45, 2.75) is 26.2 Å². The number of piperazine rings is 1. The predicted octanol–water partition coefficient (Wildman–Crippen LogP) is -0.672. The van der Waals surface area contributed by atoms with Crippen molar-refractivity contribution < 1.29 is 18.0 Å². The lowest BCUT2D eigenvalue weighted by molar-refractivity contribution is -0.138. The number of rotatable bonds is 6. The van der Waals surface area contributed by atoms with Gasteiger partial charge in [0.05, 0.1) is 18.7 Å². The normalized spacial score (nSPS) is 23.4. The van der Waals surface area contributed by atoms with Gasteiger partial charge in [0.25, 0.3) is 0 Å². The third-order valence-corrected chi connectivity index (χ3v) is 6.10. The highest BCUT2D eigenvalue weighted by Gasteiger charge is 2.33. The quantitative estimate of drug-likeness (QED) is 0.666. The first kappa shape index (κ1) is 20.1. The van der Waals surface area contributed by atoms with Crippen molar-refractivity contribution in [1.82, 2.24) is 19.4 Å². The molecule has 0 aromatic rings. The van der Waals surface area contributed by atoms with Crippen molar-refractivity contribution >= 4 is 21.8 Å². The number of nitrogens with one attached hydrogen (secondary N) is 1. The number of hydrogen-bond acceptors (Lipinski definition) is 5. The second-order valence-electron chi connectivity index (χ2n) is 6.91. The molecule has 0 spiro atoms. The first-order chi connectivity index (χ1) is 11.8. The van der Waals surface area contributed by atoms with Gasteiger partial charge in [0.1, 0.15) is 0 Å². The molecule has 2 aliphatic rings. The van der Waals surface area contributed by atoms with Crippen molar-refractivity contribution in [3.63, 3.8) is 0 Å². The number of sulfonamides is 1. The van der Waals surface area contributed by atoms with E-state index < -0.39 is 10.0 Å². The fraction of sp³-hybridized carbons (Fsp3) is 0.875. The minimum atomic E-state index is -3.24. The molecule has 2 rings (SSSR count). The number of piperidine rings is 1. The van der Waals surface area contributed by atoms with E-state index in [1.54, 1.807) is 0 Å². The van der Waals surface area contributed by atoms with Gasteiger partial charge in [-0.05, 0) is 19.3 Å². The number of nitrogens with zero attached hydrogens (tertiary/aromatic N) is 3. The van der Waals surface area contributed by atoms with Crippen LogP contribution in [-0.2, 0) is 19.6 Å². The lowest BCUT2D eigenvalue weighted by Gasteiger charge is -2.38. The van der Waals surface area contributed by atoms with Crippen LogP contribution in [0.25, 0.3) is 0 Å². The van der Waals surface area contributed by atoms with E-state index in [-0.39, 0.29) is 24.3 Å². The molecule has 144 valence electrons.